The Kier molecular flexibility index (Phi) is 5.61. The molecule has 20 heavy (non-hydrogen) atoms. The van der Waals surface area contributed by atoms with Gasteiger partial charge in [0.05, 0.1) is 0 Å². The van der Waals surface area contributed by atoms with Gasteiger partial charge in [-0.25, -0.2) is 4.39 Å². The quantitative estimate of drug-likeness (QED) is 0.687. The smallest absolute Gasteiger partial charge is 0.124 e. The van der Waals surface area contributed by atoms with E-state index in [4.69, 9.17) is 11.6 Å². The molecule has 0 aliphatic carbocycles. The lowest BCUT2D eigenvalue weighted by atomic mass is 9.99. The van der Waals surface area contributed by atoms with E-state index in [9.17, 15) is 4.39 Å². The van der Waals surface area contributed by atoms with Gasteiger partial charge in [0.2, 0.25) is 0 Å². The molecule has 0 radical (unpaired) electrons. The van der Waals surface area contributed by atoms with Gasteiger partial charge < -0.3 is 5.32 Å². The molecule has 2 rings (SSSR count). The van der Waals surface area contributed by atoms with E-state index in [0.717, 1.165) is 20.1 Å². The van der Waals surface area contributed by atoms with Crippen molar-refractivity contribution in [3.8, 4) is 0 Å². The van der Waals surface area contributed by atoms with Gasteiger partial charge in [-0.1, -0.05) is 49.5 Å². The Morgan fingerprint density at radius 3 is 2.60 bits per heavy atom. The minimum absolute atomic E-state index is 0.0572. The fraction of sp³-hybridized carbons (Fsp3) is 0.200. The van der Waals surface area contributed by atoms with Crippen LogP contribution in [-0.4, -0.2) is 7.05 Å². The molecule has 2 aromatic carbocycles. The zero-order chi connectivity index (χ0) is 14.7. The first-order valence-corrected chi connectivity index (χ1v) is 8.04. The Bertz CT molecular complexity index is 619. The molecule has 0 heterocycles. The molecule has 1 nitrogen and oxygen atoms in total. The lowest BCUT2D eigenvalue weighted by Gasteiger charge is -2.19. The van der Waals surface area contributed by atoms with Crippen LogP contribution < -0.4 is 5.32 Å². The summed E-state index contributed by atoms with van der Waals surface area (Å²) >= 11 is 13.1. The number of benzene rings is 2. The molecule has 0 amide bonds. The third-order valence-corrected chi connectivity index (χ3v) is 4.70. The maximum atomic E-state index is 13.1. The Morgan fingerprint density at radius 1 is 1.20 bits per heavy atom. The van der Waals surface area contributed by atoms with Crippen LogP contribution in [0.3, 0.4) is 0 Å². The van der Waals surface area contributed by atoms with Crippen molar-refractivity contribution in [3.05, 3.63) is 67.3 Å². The summed E-state index contributed by atoms with van der Waals surface area (Å²) in [5, 5.41) is 3.97. The van der Waals surface area contributed by atoms with Gasteiger partial charge in [0.15, 0.2) is 0 Å². The monoisotopic (exact) mass is 419 g/mol. The van der Waals surface area contributed by atoms with Crippen molar-refractivity contribution in [1.82, 2.24) is 5.32 Å². The lowest BCUT2D eigenvalue weighted by molar-refractivity contribution is 0.587. The molecular weight excluding hydrogens is 408 g/mol. The van der Waals surface area contributed by atoms with E-state index in [1.807, 2.05) is 25.2 Å². The van der Waals surface area contributed by atoms with Crippen molar-refractivity contribution in [1.29, 1.82) is 0 Å². The van der Waals surface area contributed by atoms with Crippen molar-refractivity contribution in [2.24, 2.45) is 0 Å². The van der Waals surface area contributed by atoms with Gasteiger partial charge in [-0.05, 0) is 54.9 Å². The van der Waals surface area contributed by atoms with Gasteiger partial charge in [0.1, 0.15) is 5.82 Å². The maximum absolute atomic E-state index is 13.1. The summed E-state index contributed by atoms with van der Waals surface area (Å²) in [6.45, 7) is 0. The Hall–Kier alpha value is -0.420. The summed E-state index contributed by atoms with van der Waals surface area (Å²) in [4.78, 5) is 0. The van der Waals surface area contributed by atoms with Crippen LogP contribution in [0.4, 0.5) is 4.39 Å². The minimum Gasteiger partial charge on any atom is -0.313 e. The van der Waals surface area contributed by atoms with E-state index in [2.05, 4.69) is 37.2 Å². The van der Waals surface area contributed by atoms with Gasteiger partial charge in [-0.3, -0.25) is 0 Å². The zero-order valence-electron chi connectivity index (χ0n) is 10.8. The van der Waals surface area contributed by atoms with Crippen molar-refractivity contribution in [2.75, 3.05) is 7.05 Å². The molecule has 1 N–H and O–H groups in total. The molecule has 5 heteroatoms. The van der Waals surface area contributed by atoms with Gasteiger partial charge in [0.25, 0.3) is 0 Å². The van der Waals surface area contributed by atoms with E-state index in [0.29, 0.717) is 11.4 Å². The van der Waals surface area contributed by atoms with Crippen molar-refractivity contribution >= 4 is 43.5 Å². The zero-order valence-corrected chi connectivity index (χ0v) is 14.7. The number of halogens is 4. The van der Waals surface area contributed by atoms with E-state index in [1.54, 1.807) is 6.07 Å². The van der Waals surface area contributed by atoms with Crippen LogP contribution >= 0.6 is 43.5 Å². The van der Waals surface area contributed by atoms with E-state index in [1.165, 1.54) is 12.1 Å². The van der Waals surface area contributed by atoms with E-state index < -0.39 is 0 Å². The molecule has 0 fully saturated rings. The first kappa shape index (κ1) is 16.0. The highest BCUT2D eigenvalue weighted by Crippen LogP contribution is 2.30. The molecule has 0 aromatic heterocycles. The Morgan fingerprint density at radius 2 is 1.95 bits per heavy atom. The maximum Gasteiger partial charge on any atom is 0.124 e. The normalized spacial score (nSPS) is 12.4. The number of nitrogens with one attached hydrogen (secondary N) is 1. The van der Waals surface area contributed by atoms with Crippen molar-refractivity contribution in [3.63, 3.8) is 0 Å². The average Bonchev–Trinajstić information content (AvgIpc) is 2.41. The highest BCUT2D eigenvalue weighted by Gasteiger charge is 2.15. The first-order valence-electron chi connectivity index (χ1n) is 6.07. The third kappa shape index (κ3) is 3.82. The molecule has 0 aliphatic rings. The predicted molar refractivity (Wildman–Crippen MR) is 88.8 cm³/mol. The average molecular weight is 422 g/mol. The van der Waals surface area contributed by atoms with Crippen LogP contribution in [0.5, 0.6) is 0 Å². The number of hydrogen-bond acceptors (Lipinski definition) is 1. The number of rotatable bonds is 4. The molecular formula is C15H13Br2ClFN. The number of hydrogen-bond donors (Lipinski definition) is 1. The van der Waals surface area contributed by atoms with Crippen LogP contribution in [0.2, 0.25) is 5.02 Å². The molecule has 0 bridgehead atoms. The van der Waals surface area contributed by atoms with E-state index in [-0.39, 0.29) is 11.9 Å². The second-order valence-corrected chi connectivity index (χ2v) is 6.62. The Labute approximate surface area is 139 Å². The van der Waals surface area contributed by atoms with Gasteiger partial charge in [-0.2, -0.15) is 0 Å². The van der Waals surface area contributed by atoms with E-state index >= 15 is 0 Å². The summed E-state index contributed by atoms with van der Waals surface area (Å²) in [5.41, 5.74) is 2.04. The standard InChI is InChI=1S/C15H13Br2ClFN/c1-20-15(12-7-10(16)3-5-14(12)18)6-9-2-4-11(19)8-13(9)17/h2-5,7-8,15,20H,6H2,1H3. The largest absolute Gasteiger partial charge is 0.313 e. The molecule has 0 spiro atoms. The summed E-state index contributed by atoms with van der Waals surface area (Å²) in [6.07, 6.45) is 0.716. The molecule has 0 saturated heterocycles. The molecule has 0 aliphatic heterocycles. The van der Waals surface area contributed by atoms with Gasteiger partial charge >= 0.3 is 0 Å². The van der Waals surface area contributed by atoms with Crippen LogP contribution in [0.1, 0.15) is 17.2 Å². The molecule has 1 atom stereocenters. The summed E-state index contributed by atoms with van der Waals surface area (Å²) in [7, 11) is 1.89. The van der Waals surface area contributed by atoms with Crippen LogP contribution in [0, 0.1) is 5.82 Å². The predicted octanol–water partition coefficient (Wildman–Crippen LogP) is 5.51. The first-order chi connectivity index (χ1) is 9.51. The number of likely N-dealkylation sites (N-methyl/N-ethyl adjacent to an activating group) is 1. The lowest BCUT2D eigenvalue weighted by Crippen LogP contribution is -2.19. The van der Waals surface area contributed by atoms with Crippen molar-refractivity contribution in [2.45, 2.75) is 12.5 Å². The van der Waals surface area contributed by atoms with Gasteiger partial charge in [0, 0.05) is 20.0 Å². The van der Waals surface area contributed by atoms with Crippen LogP contribution in [0.25, 0.3) is 0 Å². The third-order valence-electron chi connectivity index (χ3n) is 3.12. The second kappa shape index (κ2) is 7.03. The topological polar surface area (TPSA) is 12.0 Å². The summed E-state index contributed by atoms with van der Waals surface area (Å²) in [6, 6.07) is 10.6. The van der Waals surface area contributed by atoms with Crippen molar-refractivity contribution < 1.29 is 4.39 Å². The highest BCUT2D eigenvalue weighted by atomic mass is 79.9. The fourth-order valence-corrected chi connectivity index (χ4v) is 3.20. The molecule has 2 aromatic rings. The van der Waals surface area contributed by atoms with Crippen LogP contribution in [-0.2, 0) is 6.42 Å². The molecule has 106 valence electrons. The SMILES string of the molecule is CNC(Cc1ccc(F)cc1Br)c1cc(Br)ccc1Cl. The van der Waals surface area contributed by atoms with Gasteiger partial charge in [-0.15, -0.1) is 0 Å². The summed E-state index contributed by atoms with van der Waals surface area (Å²) < 4.78 is 14.9. The fourth-order valence-electron chi connectivity index (χ4n) is 2.06. The second-order valence-electron chi connectivity index (χ2n) is 4.45. The minimum atomic E-state index is -0.248. The molecule has 0 saturated carbocycles. The highest BCUT2D eigenvalue weighted by molar-refractivity contribution is 9.10. The van der Waals surface area contributed by atoms with Crippen LogP contribution in [0.15, 0.2) is 45.3 Å². The molecule has 1 unspecified atom stereocenters. The Balaban J connectivity index is 2.31. The summed E-state index contributed by atoms with van der Waals surface area (Å²) in [5.74, 6) is -0.248.